The van der Waals surface area contributed by atoms with Gasteiger partial charge in [-0.3, -0.25) is 14.5 Å². The average molecular weight is 641 g/mol. The molecule has 5 atom stereocenters. The minimum Gasteiger partial charge on any atom is -0.497 e. The molecule has 1 aliphatic carbocycles. The second kappa shape index (κ2) is 13.4. The van der Waals surface area contributed by atoms with Crippen LogP contribution >= 0.6 is 0 Å². The van der Waals surface area contributed by atoms with Crippen LogP contribution in [0.1, 0.15) is 46.0 Å². The van der Waals surface area contributed by atoms with Gasteiger partial charge in [0.15, 0.2) is 0 Å². The van der Waals surface area contributed by atoms with Crippen LogP contribution in [0.25, 0.3) is 22.2 Å². The highest BCUT2D eigenvalue weighted by Gasteiger charge is 2.61. The number of aliphatic carboxylic acids is 1. The molecule has 0 radical (unpaired) electrons. The van der Waals surface area contributed by atoms with E-state index >= 15 is 0 Å². The maximum atomic E-state index is 14.4. The van der Waals surface area contributed by atoms with Crippen molar-refractivity contribution in [2.24, 2.45) is 11.8 Å². The number of fused-ring (bicyclic) bond motifs is 1. The number of nitrogens with zero attached hydrogens (tertiary/aromatic N) is 3. The van der Waals surface area contributed by atoms with Crippen molar-refractivity contribution in [1.29, 1.82) is 0 Å². The number of hydrogen-bond acceptors (Lipinski definition) is 7. The molecule has 2 amide bonds. The van der Waals surface area contributed by atoms with E-state index in [0.717, 1.165) is 49.0 Å². The standard InChI is InChI=1S/C37H44N4O6/c1-5-25-21-37(25,36(44)45)39-34(42)31-19-27(22-41(31)35(43)33(23(2)3)40-16-10-7-11-17-40)47-32-20-29(24-12-8-6-9-13-24)38-30-18-26(46-4)14-15-28(30)32/h5-6,8-9,12-15,18,20,23,25,27,31,33H,1,7,10-11,16-17,19,21-22H2,2-4H3,(H,39,42)(H,44,45)/t25?,27-,31+,33+,37?/m1/s1. The summed E-state index contributed by atoms with van der Waals surface area (Å²) in [5, 5.41) is 13.6. The Labute approximate surface area is 275 Å². The molecule has 0 spiro atoms. The van der Waals surface area contributed by atoms with Crippen LogP contribution in [0.2, 0.25) is 0 Å². The summed E-state index contributed by atoms with van der Waals surface area (Å²) in [5.41, 5.74) is 0.934. The van der Waals surface area contributed by atoms with Crippen LogP contribution in [0.15, 0.2) is 67.3 Å². The predicted octanol–water partition coefficient (Wildman–Crippen LogP) is 4.91. The van der Waals surface area contributed by atoms with Crippen molar-refractivity contribution in [2.45, 2.75) is 69.7 Å². The van der Waals surface area contributed by atoms with E-state index in [1.165, 1.54) is 0 Å². The molecule has 47 heavy (non-hydrogen) atoms. The highest BCUT2D eigenvalue weighted by molar-refractivity contribution is 5.96. The lowest BCUT2D eigenvalue weighted by atomic mass is 9.97. The Balaban J connectivity index is 1.34. The van der Waals surface area contributed by atoms with Crippen LogP contribution in [0.5, 0.6) is 11.5 Å². The van der Waals surface area contributed by atoms with E-state index in [0.29, 0.717) is 17.0 Å². The van der Waals surface area contributed by atoms with Crippen molar-refractivity contribution in [2.75, 3.05) is 26.7 Å². The van der Waals surface area contributed by atoms with Crippen molar-refractivity contribution >= 4 is 28.7 Å². The summed E-state index contributed by atoms with van der Waals surface area (Å²) in [7, 11) is 1.61. The van der Waals surface area contributed by atoms with E-state index in [1.54, 1.807) is 18.1 Å². The van der Waals surface area contributed by atoms with Gasteiger partial charge in [-0.1, -0.05) is 56.7 Å². The van der Waals surface area contributed by atoms with E-state index in [2.05, 4.69) is 16.8 Å². The van der Waals surface area contributed by atoms with E-state index in [1.807, 2.05) is 68.4 Å². The largest absolute Gasteiger partial charge is 0.497 e. The lowest BCUT2D eigenvalue weighted by molar-refractivity contribution is -0.147. The number of carboxylic acids is 1. The first-order chi connectivity index (χ1) is 22.6. The molecule has 2 aromatic carbocycles. The SMILES string of the molecule is C=CC1CC1(NC(=O)[C@@H]1C[C@@H](Oc2cc(-c3ccccc3)nc3cc(OC)ccc23)CN1C(=O)[C@H](C(C)C)N1CCCCC1)C(=O)O. The molecular weight excluding hydrogens is 596 g/mol. The van der Waals surface area contributed by atoms with Crippen molar-refractivity contribution < 1.29 is 29.0 Å². The highest BCUT2D eigenvalue weighted by atomic mass is 16.5. The van der Waals surface area contributed by atoms with Crippen LogP contribution < -0.4 is 14.8 Å². The molecule has 3 aliphatic rings. The smallest absolute Gasteiger partial charge is 0.330 e. The van der Waals surface area contributed by atoms with E-state index in [9.17, 15) is 19.5 Å². The van der Waals surface area contributed by atoms with Crippen LogP contribution in [-0.4, -0.2) is 88.1 Å². The monoisotopic (exact) mass is 640 g/mol. The van der Waals surface area contributed by atoms with Crippen LogP contribution in [0, 0.1) is 11.8 Å². The number of amides is 2. The Hall–Kier alpha value is -4.44. The molecule has 6 rings (SSSR count). The third-order valence-corrected chi connectivity index (χ3v) is 9.89. The Morgan fingerprint density at radius 1 is 1.09 bits per heavy atom. The Bertz CT molecular complexity index is 1660. The number of rotatable bonds is 11. The number of carboxylic acid groups (broad SMARTS) is 1. The zero-order chi connectivity index (χ0) is 33.3. The van der Waals surface area contributed by atoms with Gasteiger partial charge < -0.3 is 24.8 Å². The van der Waals surface area contributed by atoms with Gasteiger partial charge in [-0.25, -0.2) is 9.78 Å². The number of benzene rings is 2. The number of pyridine rings is 1. The topological polar surface area (TPSA) is 121 Å². The second-order valence-corrected chi connectivity index (χ2v) is 13.3. The molecule has 1 aromatic heterocycles. The summed E-state index contributed by atoms with van der Waals surface area (Å²) >= 11 is 0. The summed E-state index contributed by atoms with van der Waals surface area (Å²) in [6.45, 7) is 9.68. The number of piperidine rings is 1. The van der Waals surface area contributed by atoms with Gasteiger partial charge in [0.05, 0.1) is 30.9 Å². The van der Waals surface area contributed by atoms with Crippen LogP contribution in [0.4, 0.5) is 0 Å². The van der Waals surface area contributed by atoms with Crippen molar-refractivity contribution in [3.8, 4) is 22.8 Å². The molecule has 2 saturated heterocycles. The summed E-state index contributed by atoms with van der Waals surface area (Å²) in [6.07, 6.45) is 4.73. The van der Waals surface area contributed by atoms with E-state index in [-0.39, 0.29) is 37.1 Å². The molecular formula is C37H44N4O6. The fraction of sp³-hybridized carbons (Fsp3) is 0.459. The average Bonchev–Trinajstić information content (AvgIpc) is 3.64. The molecule has 3 heterocycles. The molecule has 2 unspecified atom stereocenters. The number of carbonyl (C=O) groups is 3. The highest BCUT2D eigenvalue weighted by Crippen LogP contribution is 2.45. The van der Waals surface area contributed by atoms with Crippen molar-refractivity contribution in [3.05, 3.63) is 67.3 Å². The number of ether oxygens (including phenoxy) is 2. The maximum absolute atomic E-state index is 14.4. The van der Waals surface area contributed by atoms with E-state index < -0.39 is 35.6 Å². The quantitative estimate of drug-likeness (QED) is 0.284. The molecule has 2 N–H and O–H groups in total. The number of methoxy groups -OCH3 is 1. The third-order valence-electron chi connectivity index (χ3n) is 9.89. The lowest BCUT2D eigenvalue weighted by Gasteiger charge is -2.39. The number of aromatic nitrogens is 1. The Morgan fingerprint density at radius 2 is 1.83 bits per heavy atom. The molecule has 10 nitrogen and oxygen atoms in total. The number of nitrogens with one attached hydrogen (secondary N) is 1. The zero-order valence-electron chi connectivity index (χ0n) is 27.4. The normalized spacial score (nSPS) is 24.9. The van der Waals surface area contributed by atoms with Gasteiger partial charge in [-0.15, -0.1) is 6.58 Å². The number of carbonyl (C=O) groups excluding carboxylic acids is 2. The van der Waals surface area contributed by atoms with Gasteiger partial charge in [0.1, 0.15) is 29.2 Å². The van der Waals surface area contributed by atoms with Gasteiger partial charge in [0.2, 0.25) is 11.8 Å². The fourth-order valence-electron chi connectivity index (χ4n) is 7.26. The van der Waals surface area contributed by atoms with Crippen LogP contribution in [0.3, 0.4) is 0 Å². The van der Waals surface area contributed by atoms with Gasteiger partial charge in [-0.2, -0.15) is 0 Å². The molecule has 10 heteroatoms. The first kappa shape index (κ1) is 32.5. The van der Waals surface area contributed by atoms with Gasteiger partial charge >= 0.3 is 5.97 Å². The molecule has 0 bridgehead atoms. The zero-order valence-corrected chi connectivity index (χ0v) is 27.4. The minimum atomic E-state index is -1.40. The Kier molecular flexibility index (Phi) is 9.23. The first-order valence-electron chi connectivity index (χ1n) is 16.6. The number of likely N-dealkylation sites (tertiary alicyclic amines) is 2. The van der Waals surface area contributed by atoms with Crippen LogP contribution in [-0.2, 0) is 14.4 Å². The fourth-order valence-corrected chi connectivity index (χ4v) is 7.26. The summed E-state index contributed by atoms with van der Waals surface area (Å²) in [6, 6.07) is 16.0. The van der Waals surface area contributed by atoms with E-state index in [4.69, 9.17) is 14.5 Å². The second-order valence-electron chi connectivity index (χ2n) is 13.3. The summed E-state index contributed by atoms with van der Waals surface area (Å²) < 4.78 is 12.2. The predicted molar refractivity (Wildman–Crippen MR) is 179 cm³/mol. The van der Waals surface area contributed by atoms with Gasteiger partial charge in [0, 0.05) is 35.4 Å². The number of hydrogen-bond donors (Lipinski definition) is 2. The Morgan fingerprint density at radius 3 is 2.47 bits per heavy atom. The third kappa shape index (κ3) is 6.43. The molecule has 2 aliphatic heterocycles. The first-order valence-corrected chi connectivity index (χ1v) is 16.6. The van der Waals surface area contributed by atoms with Crippen molar-refractivity contribution in [3.63, 3.8) is 0 Å². The lowest BCUT2D eigenvalue weighted by Crippen LogP contribution is -2.58. The molecule has 1 saturated carbocycles. The molecule has 3 fully saturated rings. The summed E-state index contributed by atoms with van der Waals surface area (Å²) in [5.74, 6) is -0.791. The van der Waals surface area contributed by atoms with Gasteiger partial charge in [0.25, 0.3) is 0 Å². The molecule has 248 valence electrons. The van der Waals surface area contributed by atoms with Crippen molar-refractivity contribution in [1.82, 2.24) is 20.1 Å². The van der Waals surface area contributed by atoms with Gasteiger partial charge in [-0.05, 0) is 50.4 Å². The maximum Gasteiger partial charge on any atom is 0.330 e. The minimum absolute atomic E-state index is 0.0239. The summed E-state index contributed by atoms with van der Waals surface area (Å²) in [4.78, 5) is 49.4. The molecule has 3 aromatic rings.